The minimum atomic E-state index is -0.248. The summed E-state index contributed by atoms with van der Waals surface area (Å²) in [5, 5.41) is 2.98. The van der Waals surface area contributed by atoms with Gasteiger partial charge in [-0.05, 0) is 31.0 Å². The van der Waals surface area contributed by atoms with Crippen molar-refractivity contribution in [3.8, 4) is 0 Å². The van der Waals surface area contributed by atoms with E-state index in [1.54, 1.807) is 18.6 Å². The predicted molar refractivity (Wildman–Crippen MR) is 82.0 cm³/mol. The third kappa shape index (κ3) is 3.90. The molecule has 2 heterocycles. The van der Waals surface area contributed by atoms with Crippen LogP contribution >= 0.6 is 0 Å². The molecular formula is C16H22N4O. The number of hydrogen-bond donors (Lipinski definition) is 1. The van der Waals surface area contributed by atoms with Crippen molar-refractivity contribution in [1.29, 1.82) is 0 Å². The summed E-state index contributed by atoms with van der Waals surface area (Å²) in [4.78, 5) is 20.5. The van der Waals surface area contributed by atoms with Crippen LogP contribution in [0.25, 0.3) is 0 Å². The Morgan fingerprint density at radius 2 is 1.95 bits per heavy atom. The van der Waals surface area contributed by atoms with Crippen LogP contribution < -0.4 is 5.32 Å². The van der Waals surface area contributed by atoms with E-state index in [0.717, 1.165) is 12.2 Å². The monoisotopic (exact) mass is 286 g/mol. The maximum Gasteiger partial charge on any atom is 0.242 e. The number of pyridine rings is 1. The lowest BCUT2D eigenvalue weighted by Gasteiger charge is -2.17. The molecule has 1 N–H and O–H groups in total. The second-order valence-corrected chi connectivity index (χ2v) is 5.42. The minimum Gasteiger partial charge on any atom is -0.354 e. The number of nitrogens with one attached hydrogen (secondary N) is 1. The van der Waals surface area contributed by atoms with Gasteiger partial charge in [0.05, 0.1) is 0 Å². The zero-order chi connectivity index (χ0) is 15.2. The van der Waals surface area contributed by atoms with Crippen molar-refractivity contribution < 1.29 is 4.79 Å². The summed E-state index contributed by atoms with van der Waals surface area (Å²) in [7, 11) is 0. The van der Waals surface area contributed by atoms with E-state index in [-0.39, 0.29) is 11.9 Å². The average Bonchev–Trinajstić information content (AvgIpc) is 2.97. The average molecular weight is 286 g/mol. The predicted octanol–water partition coefficient (Wildman–Crippen LogP) is 2.32. The summed E-state index contributed by atoms with van der Waals surface area (Å²) < 4.78 is 1.94. The molecule has 2 rings (SSSR count). The zero-order valence-corrected chi connectivity index (χ0v) is 12.8. The van der Waals surface area contributed by atoms with Crippen LogP contribution in [-0.2, 0) is 11.2 Å². The van der Waals surface area contributed by atoms with Gasteiger partial charge in [-0.1, -0.05) is 13.8 Å². The van der Waals surface area contributed by atoms with Gasteiger partial charge in [-0.3, -0.25) is 9.78 Å². The topological polar surface area (TPSA) is 59.8 Å². The fourth-order valence-corrected chi connectivity index (χ4v) is 2.25. The molecule has 0 aliphatic rings. The van der Waals surface area contributed by atoms with Crippen molar-refractivity contribution >= 4 is 5.91 Å². The number of carbonyl (C=O) groups is 1. The molecule has 2 aromatic heterocycles. The van der Waals surface area contributed by atoms with Crippen LogP contribution in [-0.4, -0.2) is 27.0 Å². The first-order chi connectivity index (χ1) is 10.1. The van der Waals surface area contributed by atoms with E-state index in [1.807, 2.05) is 29.8 Å². The molecule has 0 radical (unpaired) electrons. The van der Waals surface area contributed by atoms with Crippen LogP contribution in [0.5, 0.6) is 0 Å². The molecule has 0 bridgehead atoms. The van der Waals surface area contributed by atoms with Gasteiger partial charge in [0.2, 0.25) is 5.91 Å². The Hall–Kier alpha value is -2.17. The molecule has 0 aliphatic heterocycles. The lowest BCUT2D eigenvalue weighted by atomic mass is 10.2. The third-order valence-corrected chi connectivity index (χ3v) is 3.47. The fraction of sp³-hybridized carbons (Fsp3) is 0.438. The van der Waals surface area contributed by atoms with Crippen molar-refractivity contribution in [3.63, 3.8) is 0 Å². The number of amides is 1. The highest BCUT2D eigenvalue weighted by Crippen LogP contribution is 2.17. The Morgan fingerprint density at radius 1 is 1.24 bits per heavy atom. The Labute approximate surface area is 125 Å². The first-order valence-corrected chi connectivity index (χ1v) is 7.29. The Balaban J connectivity index is 1.89. The Kier molecular flexibility index (Phi) is 5.09. The van der Waals surface area contributed by atoms with Gasteiger partial charge < -0.3 is 9.88 Å². The molecule has 2 aromatic rings. The van der Waals surface area contributed by atoms with Gasteiger partial charge in [-0.15, -0.1) is 0 Å². The smallest absolute Gasteiger partial charge is 0.242 e. The van der Waals surface area contributed by atoms with E-state index in [4.69, 9.17) is 0 Å². The number of carbonyl (C=O) groups excluding carboxylic acids is 1. The molecule has 0 saturated carbocycles. The van der Waals surface area contributed by atoms with Crippen molar-refractivity contribution in [2.45, 2.75) is 39.2 Å². The van der Waals surface area contributed by atoms with Crippen LogP contribution in [0.2, 0.25) is 0 Å². The van der Waals surface area contributed by atoms with Gasteiger partial charge in [-0.2, -0.15) is 0 Å². The molecule has 0 fully saturated rings. The number of hydrogen-bond acceptors (Lipinski definition) is 3. The van der Waals surface area contributed by atoms with Crippen LogP contribution in [0.15, 0.2) is 36.9 Å². The second-order valence-electron chi connectivity index (χ2n) is 5.42. The van der Waals surface area contributed by atoms with E-state index in [2.05, 4.69) is 29.1 Å². The van der Waals surface area contributed by atoms with Crippen LogP contribution in [0.3, 0.4) is 0 Å². The van der Waals surface area contributed by atoms with Gasteiger partial charge in [0, 0.05) is 37.3 Å². The quantitative estimate of drug-likeness (QED) is 0.886. The van der Waals surface area contributed by atoms with Crippen LogP contribution in [0.1, 0.15) is 44.1 Å². The lowest BCUT2D eigenvalue weighted by molar-refractivity contribution is -0.123. The highest BCUT2D eigenvalue weighted by molar-refractivity contribution is 5.79. The summed E-state index contributed by atoms with van der Waals surface area (Å²) in [6.45, 7) is 6.67. The molecule has 1 atom stereocenters. The van der Waals surface area contributed by atoms with E-state index in [9.17, 15) is 4.79 Å². The van der Waals surface area contributed by atoms with Crippen molar-refractivity contribution in [3.05, 3.63) is 48.3 Å². The van der Waals surface area contributed by atoms with Crippen LogP contribution in [0, 0.1) is 0 Å². The fourth-order valence-electron chi connectivity index (χ4n) is 2.25. The molecule has 112 valence electrons. The van der Waals surface area contributed by atoms with Gasteiger partial charge >= 0.3 is 0 Å². The van der Waals surface area contributed by atoms with Gasteiger partial charge in [0.15, 0.2) is 0 Å². The largest absolute Gasteiger partial charge is 0.354 e. The molecular weight excluding hydrogens is 264 g/mol. The first-order valence-electron chi connectivity index (χ1n) is 7.29. The lowest BCUT2D eigenvalue weighted by Crippen LogP contribution is -2.33. The molecule has 0 saturated heterocycles. The molecule has 5 heteroatoms. The normalized spacial score (nSPS) is 12.4. The number of imidazole rings is 1. The summed E-state index contributed by atoms with van der Waals surface area (Å²) in [6.07, 6.45) is 7.95. The molecule has 21 heavy (non-hydrogen) atoms. The maximum atomic E-state index is 12.2. The summed E-state index contributed by atoms with van der Waals surface area (Å²) in [5.74, 6) is 1.25. The number of aromatic nitrogens is 3. The Bertz CT molecular complexity index is 577. The SMILES string of the molecule is CC(C)c1nccn1C(C)C(=O)NCCc1ccncc1. The minimum absolute atomic E-state index is 0.0176. The summed E-state index contributed by atoms with van der Waals surface area (Å²) in [5.41, 5.74) is 1.17. The van der Waals surface area contributed by atoms with E-state index in [0.29, 0.717) is 12.5 Å². The molecule has 1 unspecified atom stereocenters. The van der Waals surface area contributed by atoms with E-state index < -0.39 is 0 Å². The molecule has 0 spiro atoms. The first kappa shape index (κ1) is 15.2. The number of rotatable bonds is 6. The van der Waals surface area contributed by atoms with Gasteiger partial charge in [-0.25, -0.2) is 4.98 Å². The Morgan fingerprint density at radius 3 is 2.62 bits per heavy atom. The third-order valence-electron chi connectivity index (χ3n) is 3.47. The number of nitrogens with zero attached hydrogens (tertiary/aromatic N) is 3. The van der Waals surface area contributed by atoms with E-state index in [1.165, 1.54) is 5.56 Å². The molecule has 5 nitrogen and oxygen atoms in total. The molecule has 0 aromatic carbocycles. The maximum absolute atomic E-state index is 12.2. The highest BCUT2D eigenvalue weighted by Gasteiger charge is 2.18. The van der Waals surface area contributed by atoms with Crippen molar-refractivity contribution in [2.24, 2.45) is 0 Å². The van der Waals surface area contributed by atoms with E-state index >= 15 is 0 Å². The standard InChI is InChI=1S/C16H22N4O/c1-12(2)15-18-10-11-20(15)13(3)16(21)19-9-6-14-4-7-17-8-5-14/h4-5,7-8,10-13H,6,9H2,1-3H3,(H,19,21). The van der Waals surface area contributed by atoms with Crippen molar-refractivity contribution in [1.82, 2.24) is 19.9 Å². The highest BCUT2D eigenvalue weighted by atomic mass is 16.2. The molecule has 0 aliphatic carbocycles. The van der Waals surface area contributed by atoms with Crippen molar-refractivity contribution in [2.75, 3.05) is 6.54 Å². The molecule has 1 amide bonds. The van der Waals surface area contributed by atoms with Gasteiger partial charge in [0.1, 0.15) is 11.9 Å². The zero-order valence-electron chi connectivity index (χ0n) is 12.8. The summed E-state index contributed by atoms with van der Waals surface area (Å²) in [6, 6.07) is 3.67. The second kappa shape index (κ2) is 7.02. The summed E-state index contributed by atoms with van der Waals surface area (Å²) >= 11 is 0. The van der Waals surface area contributed by atoms with Gasteiger partial charge in [0.25, 0.3) is 0 Å². The van der Waals surface area contributed by atoms with Crippen LogP contribution in [0.4, 0.5) is 0 Å².